The summed E-state index contributed by atoms with van der Waals surface area (Å²) < 4.78 is 0. The lowest BCUT2D eigenvalue weighted by atomic mass is 10.1. The molecule has 1 aliphatic carbocycles. The Balaban J connectivity index is 2.03. The summed E-state index contributed by atoms with van der Waals surface area (Å²) in [5.41, 5.74) is 0.903. The van der Waals surface area contributed by atoms with Crippen molar-refractivity contribution in [1.82, 2.24) is 0 Å². The van der Waals surface area contributed by atoms with E-state index in [1.165, 1.54) is 31.8 Å². The molecule has 68 valence electrons. The molecule has 0 aromatic rings. The van der Waals surface area contributed by atoms with Crippen LogP contribution < -0.4 is 0 Å². The van der Waals surface area contributed by atoms with Gasteiger partial charge < -0.3 is 0 Å². The number of rotatable bonds is 4. The van der Waals surface area contributed by atoms with E-state index in [-0.39, 0.29) is 0 Å². The van der Waals surface area contributed by atoms with Crippen LogP contribution in [-0.4, -0.2) is 18.0 Å². The SMILES string of the molecule is C#CCPCCC1CCCC1P. The van der Waals surface area contributed by atoms with Crippen LogP contribution in [0.15, 0.2) is 0 Å². The quantitative estimate of drug-likeness (QED) is 0.372. The standard InChI is InChI=1S/C10H18P2/c1-2-7-12-8-6-9-4-3-5-10(9)11/h1,9-10,12H,3-8,11H2. The fraction of sp³-hybridized carbons (Fsp3) is 0.800. The van der Waals surface area contributed by atoms with Crippen molar-refractivity contribution in [3.63, 3.8) is 0 Å². The normalized spacial score (nSPS) is 29.7. The summed E-state index contributed by atoms with van der Waals surface area (Å²) in [5, 5.41) is 0. The van der Waals surface area contributed by atoms with Gasteiger partial charge in [0.15, 0.2) is 0 Å². The molecule has 0 heterocycles. The van der Waals surface area contributed by atoms with Crippen LogP contribution in [0.25, 0.3) is 0 Å². The van der Waals surface area contributed by atoms with Gasteiger partial charge in [0.25, 0.3) is 0 Å². The fourth-order valence-electron chi connectivity index (χ4n) is 1.87. The van der Waals surface area contributed by atoms with E-state index >= 15 is 0 Å². The zero-order chi connectivity index (χ0) is 8.81. The van der Waals surface area contributed by atoms with Gasteiger partial charge in [-0.2, -0.15) is 0 Å². The van der Waals surface area contributed by atoms with E-state index in [1.807, 2.05) is 0 Å². The first-order valence-electron chi connectivity index (χ1n) is 4.74. The fourth-order valence-corrected chi connectivity index (χ4v) is 3.39. The van der Waals surface area contributed by atoms with Gasteiger partial charge in [-0.15, -0.1) is 30.2 Å². The summed E-state index contributed by atoms with van der Waals surface area (Å²) >= 11 is 0. The van der Waals surface area contributed by atoms with E-state index in [9.17, 15) is 0 Å². The van der Waals surface area contributed by atoms with Crippen LogP contribution in [0.5, 0.6) is 0 Å². The number of hydrogen-bond acceptors (Lipinski definition) is 0. The molecule has 1 rings (SSSR count). The van der Waals surface area contributed by atoms with Gasteiger partial charge >= 0.3 is 0 Å². The van der Waals surface area contributed by atoms with Gasteiger partial charge in [-0.05, 0) is 37.0 Å². The maximum Gasteiger partial charge on any atom is 0.0260 e. The molecule has 1 saturated carbocycles. The molecular weight excluding hydrogens is 182 g/mol. The highest BCUT2D eigenvalue weighted by Gasteiger charge is 2.22. The molecular formula is C10H18P2. The van der Waals surface area contributed by atoms with Crippen molar-refractivity contribution in [2.24, 2.45) is 5.92 Å². The van der Waals surface area contributed by atoms with Gasteiger partial charge in [0.1, 0.15) is 0 Å². The molecule has 0 nitrogen and oxygen atoms in total. The molecule has 4 atom stereocenters. The van der Waals surface area contributed by atoms with Crippen LogP contribution in [0.3, 0.4) is 0 Å². The molecule has 0 saturated heterocycles. The second-order valence-corrected chi connectivity index (χ2v) is 5.73. The predicted octanol–water partition coefficient (Wildman–Crippen LogP) is 2.73. The summed E-state index contributed by atoms with van der Waals surface area (Å²) in [6, 6.07) is 0. The number of hydrogen-bond donors (Lipinski definition) is 0. The third-order valence-corrected chi connectivity index (χ3v) is 4.61. The molecule has 0 radical (unpaired) electrons. The summed E-state index contributed by atoms with van der Waals surface area (Å²) in [7, 11) is 4.00. The lowest BCUT2D eigenvalue weighted by molar-refractivity contribution is 0.545. The smallest absolute Gasteiger partial charge is 0.0260 e. The molecule has 4 unspecified atom stereocenters. The highest BCUT2D eigenvalue weighted by molar-refractivity contribution is 7.38. The van der Waals surface area contributed by atoms with Gasteiger partial charge in [0, 0.05) is 6.16 Å². The zero-order valence-corrected chi connectivity index (χ0v) is 9.71. The lowest BCUT2D eigenvalue weighted by Crippen LogP contribution is -2.06. The molecule has 1 fully saturated rings. The maximum absolute atomic E-state index is 5.20. The molecule has 0 amide bonds. The van der Waals surface area contributed by atoms with E-state index < -0.39 is 0 Å². The lowest BCUT2D eigenvalue weighted by Gasteiger charge is -2.13. The predicted molar refractivity (Wildman–Crippen MR) is 62.3 cm³/mol. The molecule has 0 aliphatic heterocycles. The topological polar surface area (TPSA) is 0 Å². The Morgan fingerprint density at radius 3 is 2.92 bits per heavy atom. The summed E-state index contributed by atoms with van der Waals surface area (Å²) in [5.74, 6) is 3.70. The number of terminal acetylenes is 1. The average Bonchev–Trinajstić information content (AvgIpc) is 2.46. The van der Waals surface area contributed by atoms with E-state index in [1.54, 1.807) is 0 Å². The van der Waals surface area contributed by atoms with Crippen molar-refractivity contribution in [2.75, 3.05) is 12.3 Å². The zero-order valence-electron chi connectivity index (χ0n) is 7.55. The second-order valence-electron chi connectivity index (χ2n) is 3.52. The third-order valence-electron chi connectivity index (χ3n) is 2.64. The Labute approximate surface area is 80.3 Å². The second kappa shape index (κ2) is 5.96. The van der Waals surface area contributed by atoms with Crippen molar-refractivity contribution in [3.8, 4) is 12.3 Å². The Bertz CT molecular complexity index is 160. The maximum atomic E-state index is 5.20. The van der Waals surface area contributed by atoms with Crippen LogP contribution in [0, 0.1) is 18.3 Å². The minimum absolute atomic E-state index is 0.903. The first kappa shape index (κ1) is 10.5. The molecule has 12 heavy (non-hydrogen) atoms. The highest BCUT2D eigenvalue weighted by Crippen LogP contribution is 2.35. The summed E-state index contributed by atoms with van der Waals surface area (Å²) in [6.45, 7) is 0. The average molecular weight is 200 g/mol. The molecule has 0 aromatic heterocycles. The molecule has 0 N–H and O–H groups in total. The monoisotopic (exact) mass is 200 g/mol. The molecule has 0 bridgehead atoms. The van der Waals surface area contributed by atoms with Gasteiger partial charge in [-0.1, -0.05) is 6.42 Å². The highest BCUT2D eigenvalue weighted by atomic mass is 31.1. The van der Waals surface area contributed by atoms with E-state index in [2.05, 4.69) is 15.2 Å². The first-order chi connectivity index (χ1) is 5.84. The van der Waals surface area contributed by atoms with Crippen LogP contribution in [0.4, 0.5) is 0 Å². The van der Waals surface area contributed by atoms with Crippen LogP contribution in [0.1, 0.15) is 25.7 Å². The molecule has 2 heteroatoms. The van der Waals surface area contributed by atoms with Gasteiger partial charge in [0.2, 0.25) is 0 Å². The van der Waals surface area contributed by atoms with E-state index in [0.29, 0.717) is 0 Å². The Morgan fingerprint density at radius 2 is 2.33 bits per heavy atom. The van der Waals surface area contributed by atoms with Gasteiger partial charge in [-0.3, -0.25) is 0 Å². The van der Waals surface area contributed by atoms with E-state index in [4.69, 9.17) is 6.42 Å². The third kappa shape index (κ3) is 3.43. The molecule has 0 spiro atoms. The Kier molecular flexibility index (Phi) is 5.22. The Hall–Kier alpha value is 0.420. The van der Waals surface area contributed by atoms with Crippen molar-refractivity contribution >= 4 is 17.8 Å². The van der Waals surface area contributed by atoms with Crippen molar-refractivity contribution in [2.45, 2.75) is 31.3 Å². The van der Waals surface area contributed by atoms with Crippen molar-refractivity contribution in [3.05, 3.63) is 0 Å². The Morgan fingerprint density at radius 1 is 1.50 bits per heavy atom. The summed E-state index contributed by atoms with van der Waals surface area (Å²) in [4.78, 5) is 0. The first-order valence-corrected chi connectivity index (χ1v) is 6.82. The van der Waals surface area contributed by atoms with Crippen LogP contribution >= 0.6 is 17.8 Å². The van der Waals surface area contributed by atoms with Gasteiger partial charge in [-0.25, -0.2) is 0 Å². The largest absolute Gasteiger partial charge is 0.134 e. The van der Waals surface area contributed by atoms with Crippen LogP contribution in [0.2, 0.25) is 0 Å². The van der Waals surface area contributed by atoms with Crippen molar-refractivity contribution < 1.29 is 0 Å². The molecule has 0 aromatic carbocycles. The minimum Gasteiger partial charge on any atom is -0.134 e. The molecule has 1 aliphatic rings. The van der Waals surface area contributed by atoms with Gasteiger partial charge in [0.05, 0.1) is 0 Å². The minimum atomic E-state index is 0.903. The van der Waals surface area contributed by atoms with E-state index in [0.717, 1.165) is 26.3 Å². The van der Waals surface area contributed by atoms with Crippen molar-refractivity contribution in [1.29, 1.82) is 0 Å². The summed E-state index contributed by atoms with van der Waals surface area (Å²) in [6.07, 6.45) is 13.3. The van der Waals surface area contributed by atoms with Crippen LogP contribution in [-0.2, 0) is 0 Å².